The number of ether oxygens (including phenoxy) is 2. The molecule has 0 spiro atoms. The van der Waals surface area contributed by atoms with Gasteiger partial charge in [-0.3, -0.25) is 14.3 Å². The molecular weight excluding hydrogens is 458 g/mol. The third-order valence-corrected chi connectivity index (χ3v) is 6.90. The van der Waals surface area contributed by atoms with Gasteiger partial charge >= 0.3 is 19.7 Å². The van der Waals surface area contributed by atoms with Crippen molar-refractivity contribution in [3.05, 3.63) is 29.6 Å². The van der Waals surface area contributed by atoms with Gasteiger partial charge in [0.15, 0.2) is 11.3 Å². The number of alkyl halides is 3. The van der Waals surface area contributed by atoms with Crippen LogP contribution in [0, 0.1) is 0 Å². The van der Waals surface area contributed by atoms with Gasteiger partial charge in [0.05, 0.1) is 37.7 Å². The highest BCUT2D eigenvalue weighted by Crippen LogP contribution is 2.55. The molecule has 1 aliphatic rings. The quantitative estimate of drug-likeness (QED) is 0.111. The second-order valence-corrected chi connectivity index (χ2v) is 8.87. The average Bonchev–Trinajstić information content (AvgIpc) is 2.71. The lowest BCUT2D eigenvalue weighted by atomic mass is 9.96. The van der Waals surface area contributed by atoms with Crippen molar-refractivity contribution in [1.82, 2.24) is 10.4 Å². The number of pyridine rings is 1. The van der Waals surface area contributed by atoms with Crippen LogP contribution in [0.2, 0.25) is 0 Å². The molecule has 1 atom stereocenters. The molecule has 1 unspecified atom stereocenters. The summed E-state index contributed by atoms with van der Waals surface area (Å²) in [5.74, 6) is 9.43. The molecule has 5 N–H and O–H groups in total. The number of hydrogen-bond donors (Lipinski definition) is 3. The highest BCUT2D eigenvalue weighted by Gasteiger charge is 2.51. The molecule has 1 saturated heterocycles. The maximum Gasteiger partial charge on any atom is 0.417 e. The largest absolute Gasteiger partial charge is 0.447 e. The van der Waals surface area contributed by atoms with Gasteiger partial charge in [-0.05, 0) is 26.0 Å². The molecule has 2 heterocycles. The van der Waals surface area contributed by atoms with Gasteiger partial charge in [-0.25, -0.2) is 5.84 Å². The fourth-order valence-corrected chi connectivity index (χ4v) is 4.73. The summed E-state index contributed by atoms with van der Waals surface area (Å²) in [7, 11) is -4.08. The normalized spacial score (nSPS) is 17.4. The minimum atomic E-state index is -4.58. The monoisotopic (exact) mass is 483 g/mol. The average molecular weight is 483 g/mol. The number of nitrogens with two attached hydrogens (primary N) is 2. The third-order valence-electron chi connectivity index (χ3n) is 4.51. The number of hydrazine groups is 1. The molecule has 0 amide bonds. The van der Waals surface area contributed by atoms with Crippen LogP contribution < -0.4 is 17.1 Å². The predicted molar refractivity (Wildman–Crippen MR) is 106 cm³/mol. The van der Waals surface area contributed by atoms with Gasteiger partial charge in [-0.15, -0.1) is 0 Å². The van der Waals surface area contributed by atoms with Gasteiger partial charge in [0.2, 0.25) is 0 Å². The Bertz CT molecular complexity index is 853. The van der Waals surface area contributed by atoms with Gasteiger partial charge in [-0.2, -0.15) is 18.3 Å². The number of aromatic nitrogens is 1. The first-order valence-electron chi connectivity index (χ1n) is 9.51. The molecule has 0 aliphatic carbocycles. The van der Waals surface area contributed by atoms with Crippen LogP contribution in [0.15, 0.2) is 23.4 Å². The fraction of sp³-hybridized carbons (Fsp3) is 0.588. The molecule has 0 radical (unpaired) electrons. The van der Waals surface area contributed by atoms with Crippen LogP contribution in [-0.4, -0.2) is 48.9 Å². The van der Waals surface area contributed by atoms with Crippen LogP contribution in [0.3, 0.4) is 0 Å². The molecule has 15 heteroatoms. The van der Waals surface area contributed by atoms with Crippen LogP contribution in [-0.2, 0) is 39.7 Å². The van der Waals surface area contributed by atoms with Gasteiger partial charge in [-0.1, -0.05) is 0 Å². The molecule has 1 aliphatic heterocycles. The number of nitrogens with one attached hydrogen (secondary N) is 1. The number of carbonyl (C=O) groups excluding carboxylic acids is 1. The SMILES string of the molecule is CCOP(=O)(OCC)C(C/C(=N/N)NN)C(=O)OC1(c2ccc(C(F)(F)F)cn2)COC1. The molecular formula is C17H25F3N5O6P. The maximum absolute atomic E-state index is 13.3. The third kappa shape index (κ3) is 5.75. The van der Waals surface area contributed by atoms with Crippen LogP contribution in [0.1, 0.15) is 31.5 Å². The van der Waals surface area contributed by atoms with E-state index in [9.17, 15) is 22.5 Å². The zero-order chi connectivity index (χ0) is 24.0. The van der Waals surface area contributed by atoms with E-state index in [0.29, 0.717) is 6.20 Å². The molecule has 32 heavy (non-hydrogen) atoms. The second-order valence-electron chi connectivity index (χ2n) is 6.65. The van der Waals surface area contributed by atoms with Crippen molar-refractivity contribution in [2.75, 3.05) is 26.4 Å². The molecule has 1 aromatic rings. The second kappa shape index (κ2) is 10.6. The summed E-state index contributed by atoms with van der Waals surface area (Å²) in [5, 5.41) is 3.38. The van der Waals surface area contributed by atoms with Gasteiger partial charge in [0, 0.05) is 12.6 Å². The Kier molecular flexibility index (Phi) is 8.60. The van der Waals surface area contributed by atoms with Crippen molar-refractivity contribution in [3.63, 3.8) is 0 Å². The molecule has 0 bridgehead atoms. The summed E-state index contributed by atoms with van der Waals surface area (Å²) in [4.78, 5) is 16.9. The summed E-state index contributed by atoms with van der Waals surface area (Å²) < 4.78 is 73.1. The molecule has 0 saturated carbocycles. The standard InChI is InChI=1S/C17H25F3N5O6P/c1-3-29-32(27,30-4-2)12(7-14(24-21)25-22)15(26)31-16(9-28-10-16)13-6-5-11(8-23-13)17(18,19)20/h5-6,8,12H,3-4,7,9-10,21-22H2,1-2H3,(H,24,25). The Morgan fingerprint density at radius 3 is 2.34 bits per heavy atom. The Labute approximate surface area is 182 Å². The number of nitrogens with zero attached hydrogens (tertiary/aromatic N) is 2. The Morgan fingerprint density at radius 2 is 1.97 bits per heavy atom. The number of esters is 1. The molecule has 1 aromatic heterocycles. The van der Waals surface area contributed by atoms with Crippen molar-refractivity contribution in [1.29, 1.82) is 0 Å². The van der Waals surface area contributed by atoms with E-state index in [-0.39, 0.29) is 44.4 Å². The van der Waals surface area contributed by atoms with E-state index in [1.807, 2.05) is 0 Å². The van der Waals surface area contributed by atoms with E-state index in [4.69, 9.17) is 30.2 Å². The fourth-order valence-electron chi connectivity index (χ4n) is 2.87. The number of amidine groups is 1. The summed E-state index contributed by atoms with van der Waals surface area (Å²) >= 11 is 0. The van der Waals surface area contributed by atoms with E-state index in [2.05, 4.69) is 15.5 Å². The minimum absolute atomic E-state index is 0.0381. The van der Waals surface area contributed by atoms with Crippen molar-refractivity contribution in [3.8, 4) is 0 Å². The van der Waals surface area contributed by atoms with E-state index in [1.54, 1.807) is 13.8 Å². The first kappa shape index (κ1) is 26.0. The van der Waals surface area contributed by atoms with E-state index in [0.717, 1.165) is 12.1 Å². The van der Waals surface area contributed by atoms with Gasteiger partial charge < -0.3 is 29.8 Å². The van der Waals surface area contributed by atoms with Crippen LogP contribution >= 0.6 is 7.60 Å². The van der Waals surface area contributed by atoms with Crippen LogP contribution in [0.4, 0.5) is 13.2 Å². The smallest absolute Gasteiger partial charge is 0.417 e. The first-order chi connectivity index (χ1) is 15.0. The van der Waals surface area contributed by atoms with E-state index in [1.165, 1.54) is 0 Å². The molecule has 2 rings (SSSR count). The predicted octanol–water partition coefficient (Wildman–Crippen LogP) is 1.63. The zero-order valence-electron chi connectivity index (χ0n) is 17.4. The van der Waals surface area contributed by atoms with Crippen molar-refractivity contribution < 1.29 is 41.1 Å². The van der Waals surface area contributed by atoms with E-state index >= 15 is 0 Å². The van der Waals surface area contributed by atoms with Crippen molar-refractivity contribution in [2.24, 2.45) is 16.8 Å². The Balaban J connectivity index is 2.36. The van der Waals surface area contributed by atoms with Gasteiger partial charge in [0.1, 0.15) is 5.84 Å². The van der Waals surface area contributed by atoms with Crippen molar-refractivity contribution in [2.45, 2.75) is 37.7 Å². The lowest BCUT2D eigenvalue weighted by Gasteiger charge is -2.41. The number of rotatable bonds is 10. The lowest BCUT2D eigenvalue weighted by Crippen LogP contribution is -2.52. The lowest BCUT2D eigenvalue weighted by molar-refractivity contribution is -0.219. The zero-order valence-corrected chi connectivity index (χ0v) is 18.3. The number of carbonyl (C=O) groups is 1. The summed E-state index contributed by atoms with van der Waals surface area (Å²) in [6.07, 6.45) is -4.32. The highest BCUT2D eigenvalue weighted by molar-refractivity contribution is 7.55. The molecule has 0 aromatic carbocycles. The van der Waals surface area contributed by atoms with E-state index < -0.39 is 36.6 Å². The first-order valence-corrected chi connectivity index (χ1v) is 11.1. The molecule has 11 nitrogen and oxygen atoms in total. The maximum atomic E-state index is 13.3. The van der Waals surface area contributed by atoms with Crippen LogP contribution in [0.25, 0.3) is 0 Å². The Morgan fingerprint density at radius 1 is 1.34 bits per heavy atom. The van der Waals surface area contributed by atoms with Crippen molar-refractivity contribution >= 4 is 19.4 Å². The van der Waals surface area contributed by atoms with Gasteiger partial charge in [0.25, 0.3) is 0 Å². The summed E-state index contributed by atoms with van der Waals surface area (Å²) in [6.45, 7) is 2.71. The summed E-state index contributed by atoms with van der Waals surface area (Å²) in [6, 6.07) is 1.91. The summed E-state index contributed by atoms with van der Waals surface area (Å²) in [5.41, 5.74) is -1.74. The number of hydrazone groups is 1. The molecule has 180 valence electrons. The van der Waals surface area contributed by atoms with Crippen LogP contribution in [0.5, 0.6) is 0 Å². The Hall–Kier alpha value is -2.25. The topological polar surface area (TPSA) is 160 Å². The minimum Gasteiger partial charge on any atom is -0.447 e. The molecule has 1 fully saturated rings. The number of halogens is 3. The number of hydrogen-bond acceptors (Lipinski definition) is 10. The highest BCUT2D eigenvalue weighted by atomic mass is 31.2.